The molecule has 1 aliphatic carbocycles. The zero-order valence-corrected chi connectivity index (χ0v) is 28.1. The first-order valence-electron chi connectivity index (χ1n) is 17.1. The minimum absolute atomic E-state index is 0.0733. The zero-order valence-electron chi connectivity index (χ0n) is 27.3. The van der Waals surface area contributed by atoms with Gasteiger partial charge in [-0.15, -0.1) is 11.3 Å². The SMILES string of the molecule is CC1(C)c2ccccc2-c2ccc(N3c4ccccc4B4c5ccccc5N(c5ccc6sc7ccccc7c6c5)c5cccc3c54)cc21. The van der Waals surface area contributed by atoms with Crippen LogP contribution in [0.5, 0.6) is 0 Å². The Morgan fingerprint density at radius 1 is 0.469 bits per heavy atom. The van der Waals surface area contributed by atoms with Crippen LogP contribution in [0.4, 0.5) is 34.1 Å². The molecule has 11 rings (SSSR count). The molecule has 2 nitrogen and oxygen atoms in total. The molecule has 2 aliphatic heterocycles. The monoisotopic (exact) mass is 642 g/mol. The predicted molar refractivity (Wildman–Crippen MR) is 211 cm³/mol. The topological polar surface area (TPSA) is 6.48 Å². The number of thiophene rings is 1. The second kappa shape index (κ2) is 9.75. The molecule has 3 aliphatic rings. The fourth-order valence-electron chi connectivity index (χ4n) is 9.08. The molecule has 230 valence electrons. The van der Waals surface area contributed by atoms with Gasteiger partial charge in [0, 0.05) is 59.7 Å². The highest BCUT2D eigenvalue weighted by Crippen LogP contribution is 2.51. The van der Waals surface area contributed by atoms with Gasteiger partial charge in [-0.25, -0.2) is 0 Å². The Balaban J connectivity index is 1.16. The van der Waals surface area contributed by atoms with E-state index in [4.69, 9.17) is 0 Å². The number of nitrogens with zero attached hydrogens (tertiary/aromatic N) is 2. The molecule has 0 bridgehead atoms. The Bertz CT molecular complexity index is 2690. The highest BCUT2D eigenvalue weighted by atomic mass is 32.1. The third-order valence-electron chi connectivity index (χ3n) is 11.3. The lowest BCUT2D eigenvalue weighted by molar-refractivity contribution is 0.660. The Morgan fingerprint density at radius 2 is 1.04 bits per heavy atom. The fourth-order valence-corrected chi connectivity index (χ4v) is 10.2. The van der Waals surface area contributed by atoms with Gasteiger partial charge >= 0.3 is 0 Å². The Hall–Kier alpha value is -5.58. The number of hydrogen-bond donors (Lipinski definition) is 0. The van der Waals surface area contributed by atoms with E-state index >= 15 is 0 Å². The van der Waals surface area contributed by atoms with Crippen LogP contribution in [0.1, 0.15) is 25.0 Å². The molecule has 0 unspecified atom stereocenters. The molecule has 7 aromatic carbocycles. The molecule has 0 atom stereocenters. The largest absolute Gasteiger partial charge is 0.311 e. The maximum absolute atomic E-state index is 2.52. The van der Waals surface area contributed by atoms with Crippen LogP contribution in [-0.4, -0.2) is 6.71 Å². The summed E-state index contributed by atoms with van der Waals surface area (Å²) in [5.41, 5.74) is 16.8. The first-order chi connectivity index (χ1) is 24.1. The second-order valence-electron chi connectivity index (χ2n) is 14.1. The molecule has 0 fully saturated rings. The van der Waals surface area contributed by atoms with Gasteiger partial charge in [-0.2, -0.15) is 0 Å². The van der Waals surface area contributed by atoms with Crippen molar-refractivity contribution >= 4 is 88.7 Å². The average Bonchev–Trinajstić information content (AvgIpc) is 3.63. The van der Waals surface area contributed by atoms with Crippen LogP contribution in [0.25, 0.3) is 31.3 Å². The molecule has 4 heteroatoms. The van der Waals surface area contributed by atoms with E-state index in [0.29, 0.717) is 0 Å². The molecule has 0 saturated heterocycles. The third kappa shape index (κ3) is 3.62. The van der Waals surface area contributed by atoms with E-state index in [0.717, 1.165) is 0 Å². The van der Waals surface area contributed by atoms with Crippen molar-refractivity contribution in [2.45, 2.75) is 19.3 Å². The van der Waals surface area contributed by atoms with Gasteiger partial charge in [-0.1, -0.05) is 105 Å². The normalized spacial score (nSPS) is 14.8. The van der Waals surface area contributed by atoms with Crippen molar-refractivity contribution in [2.75, 3.05) is 9.80 Å². The van der Waals surface area contributed by atoms with Gasteiger partial charge in [-0.3, -0.25) is 0 Å². The molecular formula is C45H31BN2S. The summed E-state index contributed by atoms with van der Waals surface area (Å²) >= 11 is 1.87. The van der Waals surface area contributed by atoms with Crippen molar-refractivity contribution in [1.82, 2.24) is 0 Å². The summed E-state index contributed by atoms with van der Waals surface area (Å²) in [6, 6.07) is 56.8. The molecule has 3 heterocycles. The van der Waals surface area contributed by atoms with E-state index in [1.807, 2.05) is 11.3 Å². The lowest BCUT2D eigenvalue weighted by Gasteiger charge is -2.44. The third-order valence-corrected chi connectivity index (χ3v) is 12.4. The molecular weight excluding hydrogens is 611 g/mol. The highest BCUT2D eigenvalue weighted by molar-refractivity contribution is 7.25. The minimum Gasteiger partial charge on any atom is -0.311 e. The quantitative estimate of drug-likeness (QED) is 0.173. The summed E-state index contributed by atoms with van der Waals surface area (Å²) in [5, 5.41) is 2.64. The maximum Gasteiger partial charge on any atom is 0.252 e. The molecule has 0 saturated carbocycles. The molecule has 0 amide bonds. The van der Waals surface area contributed by atoms with Crippen LogP contribution in [0.2, 0.25) is 0 Å². The van der Waals surface area contributed by atoms with Gasteiger partial charge in [0.1, 0.15) is 0 Å². The molecule has 0 spiro atoms. The van der Waals surface area contributed by atoms with Crippen molar-refractivity contribution in [3.63, 3.8) is 0 Å². The van der Waals surface area contributed by atoms with E-state index in [2.05, 4.69) is 175 Å². The summed E-state index contributed by atoms with van der Waals surface area (Å²) in [6.45, 7) is 4.87. The van der Waals surface area contributed by atoms with Gasteiger partial charge in [0.15, 0.2) is 0 Å². The lowest BCUT2D eigenvalue weighted by Crippen LogP contribution is -2.61. The summed E-state index contributed by atoms with van der Waals surface area (Å²) in [6.07, 6.45) is 0. The molecule has 0 radical (unpaired) electrons. The average molecular weight is 643 g/mol. The smallest absolute Gasteiger partial charge is 0.252 e. The van der Waals surface area contributed by atoms with Crippen molar-refractivity contribution in [1.29, 1.82) is 0 Å². The minimum atomic E-state index is -0.0733. The van der Waals surface area contributed by atoms with Crippen LogP contribution in [-0.2, 0) is 5.41 Å². The lowest BCUT2D eigenvalue weighted by atomic mass is 9.33. The van der Waals surface area contributed by atoms with Crippen LogP contribution in [0, 0.1) is 0 Å². The van der Waals surface area contributed by atoms with Crippen molar-refractivity contribution in [3.05, 3.63) is 163 Å². The second-order valence-corrected chi connectivity index (χ2v) is 15.2. The van der Waals surface area contributed by atoms with Crippen LogP contribution < -0.4 is 26.2 Å². The molecule has 0 N–H and O–H groups in total. The first-order valence-corrected chi connectivity index (χ1v) is 18.0. The highest BCUT2D eigenvalue weighted by Gasteiger charge is 2.43. The number of benzene rings is 7. The number of para-hydroxylation sites is 2. The van der Waals surface area contributed by atoms with Gasteiger partial charge in [0.05, 0.1) is 0 Å². The van der Waals surface area contributed by atoms with Crippen molar-refractivity contribution in [2.24, 2.45) is 0 Å². The van der Waals surface area contributed by atoms with E-state index in [9.17, 15) is 0 Å². The number of fused-ring (bicyclic) bond motifs is 10. The summed E-state index contributed by atoms with van der Waals surface area (Å²) in [7, 11) is 0. The van der Waals surface area contributed by atoms with Crippen LogP contribution in [0.15, 0.2) is 152 Å². The standard InChI is InChI=1S/C45H31BN2S/c1-45(2)34-14-5-3-12-30(34)31-24-22-29(27-35(31)45)48-39-18-9-7-16-37(39)46-36-15-6-8-17-38(36)47(40-19-11-20-41(48)44(40)46)28-23-25-43-33(26-28)32-13-4-10-21-42(32)49-43/h3-27H,1-2H3. The van der Waals surface area contributed by atoms with Crippen molar-refractivity contribution in [3.8, 4) is 11.1 Å². The number of hydrogen-bond acceptors (Lipinski definition) is 3. The number of anilines is 6. The zero-order chi connectivity index (χ0) is 32.4. The van der Waals surface area contributed by atoms with Crippen LogP contribution >= 0.6 is 11.3 Å². The molecule has 8 aromatic rings. The summed E-state index contributed by atoms with van der Waals surface area (Å²) < 4.78 is 2.66. The summed E-state index contributed by atoms with van der Waals surface area (Å²) in [4.78, 5) is 5.02. The van der Waals surface area contributed by atoms with Gasteiger partial charge in [-0.05, 0) is 99.3 Å². The number of rotatable bonds is 2. The van der Waals surface area contributed by atoms with E-state index in [-0.39, 0.29) is 12.1 Å². The van der Waals surface area contributed by atoms with Crippen molar-refractivity contribution < 1.29 is 0 Å². The Labute approximate surface area is 290 Å². The first kappa shape index (κ1) is 27.4. The maximum atomic E-state index is 2.52. The van der Waals surface area contributed by atoms with E-state index in [1.165, 1.54) is 92.9 Å². The van der Waals surface area contributed by atoms with Crippen LogP contribution in [0.3, 0.4) is 0 Å². The predicted octanol–water partition coefficient (Wildman–Crippen LogP) is 10.4. The molecule has 49 heavy (non-hydrogen) atoms. The van der Waals surface area contributed by atoms with E-state index in [1.54, 1.807) is 0 Å². The summed E-state index contributed by atoms with van der Waals surface area (Å²) in [5.74, 6) is 0. The Morgan fingerprint density at radius 3 is 1.82 bits per heavy atom. The van der Waals surface area contributed by atoms with E-state index < -0.39 is 0 Å². The van der Waals surface area contributed by atoms with Gasteiger partial charge < -0.3 is 9.80 Å². The Kier molecular flexibility index (Phi) is 5.45. The van der Waals surface area contributed by atoms with Gasteiger partial charge in [0.25, 0.3) is 6.71 Å². The fraction of sp³-hybridized carbons (Fsp3) is 0.0667. The molecule has 1 aromatic heterocycles. The van der Waals surface area contributed by atoms with Gasteiger partial charge in [0.2, 0.25) is 0 Å².